The summed E-state index contributed by atoms with van der Waals surface area (Å²) in [4.78, 5) is 11.5. The molecule has 0 unspecified atom stereocenters. The van der Waals surface area contributed by atoms with Crippen molar-refractivity contribution in [3.05, 3.63) is 30.3 Å². The maximum absolute atomic E-state index is 11.5. The van der Waals surface area contributed by atoms with Crippen molar-refractivity contribution in [2.75, 3.05) is 11.9 Å². The Morgan fingerprint density at radius 3 is 2.67 bits per heavy atom. The lowest BCUT2D eigenvalue weighted by Crippen LogP contribution is -2.26. The Labute approximate surface area is 109 Å². The number of esters is 1. The Morgan fingerprint density at radius 2 is 2.06 bits per heavy atom. The third kappa shape index (κ3) is 5.40. The van der Waals surface area contributed by atoms with Crippen molar-refractivity contribution in [2.24, 2.45) is 0 Å². The molecule has 0 saturated carbocycles. The quantitative estimate of drug-likeness (QED) is 0.476. The van der Waals surface area contributed by atoms with Crippen LogP contribution in [0.2, 0.25) is 0 Å². The van der Waals surface area contributed by atoms with Crippen LogP contribution in [-0.4, -0.2) is 18.1 Å². The third-order valence-corrected chi connectivity index (χ3v) is 2.38. The SMILES string of the molecule is C#CC(C)(C)OC(=O)CCCNc1ccccc1. The molecule has 3 heteroatoms. The summed E-state index contributed by atoms with van der Waals surface area (Å²) in [6.07, 6.45) is 6.33. The van der Waals surface area contributed by atoms with Gasteiger partial charge in [0.15, 0.2) is 5.60 Å². The van der Waals surface area contributed by atoms with Gasteiger partial charge >= 0.3 is 5.97 Å². The first-order valence-corrected chi connectivity index (χ1v) is 6.02. The number of rotatable bonds is 6. The molecule has 0 saturated heterocycles. The van der Waals surface area contributed by atoms with Crippen molar-refractivity contribution in [3.8, 4) is 12.3 Å². The molecule has 1 aromatic rings. The highest BCUT2D eigenvalue weighted by atomic mass is 16.6. The summed E-state index contributed by atoms with van der Waals surface area (Å²) >= 11 is 0. The number of para-hydroxylation sites is 1. The first-order chi connectivity index (χ1) is 8.53. The molecule has 0 heterocycles. The van der Waals surface area contributed by atoms with Crippen molar-refractivity contribution < 1.29 is 9.53 Å². The van der Waals surface area contributed by atoms with Gasteiger partial charge in [-0.3, -0.25) is 4.79 Å². The van der Waals surface area contributed by atoms with Gasteiger partial charge in [0.05, 0.1) is 0 Å². The number of carbonyl (C=O) groups excluding carboxylic acids is 1. The third-order valence-electron chi connectivity index (χ3n) is 2.38. The summed E-state index contributed by atoms with van der Waals surface area (Å²) in [6.45, 7) is 4.13. The van der Waals surface area contributed by atoms with Gasteiger partial charge in [0.2, 0.25) is 0 Å². The van der Waals surface area contributed by atoms with Gasteiger partial charge in [0.1, 0.15) is 0 Å². The number of anilines is 1. The summed E-state index contributed by atoms with van der Waals surface area (Å²) < 4.78 is 5.14. The van der Waals surface area contributed by atoms with Crippen molar-refractivity contribution in [3.63, 3.8) is 0 Å². The van der Waals surface area contributed by atoms with Crippen molar-refractivity contribution in [1.29, 1.82) is 0 Å². The van der Waals surface area contributed by atoms with Crippen LogP contribution >= 0.6 is 0 Å². The predicted octanol–water partition coefficient (Wildman–Crippen LogP) is 2.83. The summed E-state index contributed by atoms with van der Waals surface area (Å²) in [7, 11) is 0. The second-order valence-electron chi connectivity index (χ2n) is 4.53. The number of terminal acetylenes is 1. The molecule has 0 amide bonds. The fourth-order valence-corrected chi connectivity index (χ4v) is 1.39. The standard InChI is InChI=1S/C15H19NO2/c1-4-15(2,3)18-14(17)11-8-12-16-13-9-6-5-7-10-13/h1,5-7,9-10,16H,8,11-12H2,2-3H3. The minimum atomic E-state index is -0.816. The minimum Gasteiger partial charge on any atom is -0.446 e. The van der Waals surface area contributed by atoms with Crippen LogP contribution in [0.4, 0.5) is 5.69 Å². The lowest BCUT2D eigenvalue weighted by molar-refractivity contribution is -0.151. The highest BCUT2D eigenvalue weighted by Crippen LogP contribution is 2.10. The lowest BCUT2D eigenvalue weighted by atomic mass is 10.1. The second kappa shape index (κ2) is 6.70. The molecule has 0 spiro atoms. The smallest absolute Gasteiger partial charge is 0.307 e. The highest BCUT2D eigenvalue weighted by molar-refractivity contribution is 5.70. The molecule has 0 bridgehead atoms. The summed E-state index contributed by atoms with van der Waals surface area (Å²) in [6, 6.07) is 9.86. The molecule has 1 N–H and O–H groups in total. The molecule has 0 fully saturated rings. The molecule has 1 rings (SSSR count). The topological polar surface area (TPSA) is 38.3 Å². The lowest BCUT2D eigenvalue weighted by Gasteiger charge is -2.18. The maximum Gasteiger partial charge on any atom is 0.307 e. The zero-order chi connectivity index (χ0) is 13.4. The Bertz CT molecular complexity index is 418. The van der Waals surface area contributed by atoms with Crippen LogP contribution in [0.25, 0.3) is 0 Å². The van der Waals surface area contributed by atoms with Gasteiger partial charge < -0.3 is 10.1 Å². The van der Waals surface area contributed by atoms with E-state index >= 15 is 0 Å². The van der Waals surface area contributed by atoms with E-state index in [1.54, 1.807) is 13.8 Å². The molecule has 0 aliphatic heterocycles. The van der Waals surface area contributed by atoms with E-state index in [0.29, 0.717) is 12.8 Å². The fraction of sp³-hybridized carbons (Fsp3) is 0.400. The molecule has 1 aromatic carbocycles. The zero-order valence-corrected chi connectivity index (χ0v) is 10.9. The van der Waals surface area contributed by atoms with Gasteiger partial charge in [-0.05, 0) is 32.4 Å². The second-order valence-corrected chi connectivity index (χ2v) is 4.53. The van der Waals surface area contributed by atoms with Crippen molar-refractivity contribution in [2.45, 2.75) is 32.3 Å². The van der Waals surface area contributed by atoms with E-state index in [-0.39, 0.29) is 5.97 Å². The van der Waals surface area contributed by atoms with Gasteiger partial charge in [0.25, 0.3) is 0 Å². The molecule has 18 heavy (non-hydrogen) atoms. The van der Waals surface area contributed by atoms with Gasteiger partial charge in [-0.25, -0.2) is 0 Å². The van der Waals surface area contributed by atoms with Gasteiger partial charge in [-0.15, -0.1) is 6.42 Å². The number of carbonyl (C=O) groups is 1. The number of hydrogen-bond acceptors (Lipinski definition) is 3. The number of nitrogens with one attached hydrogen (secondary N) is 1. The number of benzene rings is 1. The van der Waals surface area contributed by atoms with E-state index in [9.17, 15) is 4.79 Å². The monoisotopic (exact) mass is 245 g/mol. The summed E-state index contributed by atoms with van der Waals surface area (Å²) in [5.41, 5.74) is 0.235. The van der Waals surface area contributed by atoms with Crippen LogP contribution in [0.5, 0.6) is 0 Å². The van der Waals surface area contributed by atoms with Gasteiger partial charge in [-0.1, -0.05) is 24.1 Å². The van der Waals surface area contributed by atoms with Gasteiger partial charge in [0, 0.05) is 18.7 Å². The van der Waals surface area contributed by atoms with E-state index in [4.69, 9.17) is 11.2 Å². The molecule has 0 aliphatic carbocycles. The van der Waals surface area contributed by atoms with E-state index in [2.05, 4.69) is 11.2 Å². The minimum absolute atomic E-state index is 0.257. The average Bonchev–Trinajstić information content (AvgIpc) is 2.35. The maximum atomic E-state index is 11.5. The van der Waals surface area contributed by atoms with E-state index in [1.807, 2.05) is 30.3 Å². The van der Waals surface area contributed by atoms with Gasteiger partial charge in [-0.2, -0.15) is 0 Å². The van der Waals surface area contributed by atoms with E-state index in [0.717, 1.165) is 12.2 Å². The molecule has 0 aromatic heterocycles. The number of hydrogen-bond donors (Lipinski definition) is 1. The Morgan fingerprint density at radius 1 is 1.39 bits per heavy atom. The molecule has 3 nitrogen and oxygen atoms in total. The Kier molecular flexibility index (Phi) is 5.26. The fourth-order valence-electron chi connectivity index (χ4n) is 1.39. The van der Waals surface area contributed by atoms with E-state index in [1.165, 1.54) is 0 Å². The normalized spacial score (nSPS) is 10.5. The van der Waals surface area contributed by atoms with Crippen LogP contribution in [0, 0.1) is 12.3 Å². The van der Waals surface area contributed by atoms with Crippen molar-refractivity contribution >= 4 is 11.7 Å². The largest absolute Gasteiger partial charge is 0.446 e. The van der Waals surface area contributed by atoms with Crippen LogP contribution in [0.1, 0.15) is 26.7 Å². The molecule has 0 aliphatic rings. The Hall–Kier alpha value is -1.95. The van der Waals surface area contributed by atoms with Crippen molar-refractivity contribution in [1.82, 2.24) is 0 Å². The number of ether oxygens (including phenoxy) is 1. The van der Waals surface area contributed by atoms with Crippen LogP contribution in [0.15, 0.2) is 30.3 Å². The van der Waals surface area contributed by atoms with Crippen LogP contribution in [-0.2, 0) is 9.53 Å². The van der Waals surface area contributed by atoms with Crippen LogP contribution < -0.4 is 5.32 Å². The summed E-state index contributed by atoms with van der Waals surface area (Å²) in [5, 5.41) is 3.23. The predicted molar refractivity (Wildman–Crippen MR) is 73.2 cm³/mol. The Balaban J connectivity index is 2.19. The molecule has 0 radical (unpaired) electrons. The molecule has 96 valence electrons. The molecule has 0 atom stereocenters. The first-order valence-electron chi connectivity index (χ1n) is 6.02. The highest BCUT2D eigenvalue weighted by Gasteiger charge is 2.18. The van der Waals surface area contributed by atoms with Crippen LogP contribution in [0.3, 0.4) is 0 Å². The first kappa shape index (κ1) is 14.1. The average molecular weight is 245 g/mol. The van der Waals surface area contributed by atoms with E-state index < -0.39 is 5.60 Å². The molecular formula is C15H19NO2. The summed E-state index contributed by atoms with van der Waals surface area (Å²) in [5.74, 6) is 2.17. The zero-order valence-electron chi connectivity index (χ0n) is 10.9. The molecular weight excluding hydrogens is 226 g/mol.